The van der Waals surface area contributed by atoms with Crippen molar-refractivity contribution in [3.05, 3.63) is 122 Å². The number of hydrogen-bond donors (Lipinski definition) is 3. The number of quaternary nitrogens is 1. The van der Waals surface area contributed by atoms with Crippen molar-refractivity contribution in [1.82, 2.24) is 5.32 Å². The number of unbranched alkanes of at least 4 members (excludes halogenated alkanes) is 20. The Morgan fingerprint density at radius 3 is 1.29 bits per heavy atom. The van der Waals surface area contributed by atoms with E-state index in [4.69, 9.17) is 9.05 Å². The molecule has 75 heavy (non-hydrogen) atoms. The fourth-order valence-corrected chi connectivity index (χ4v) is 8.88. The predicted octanol–water partition coefficient (Wildman–Crippen LogP) is 16.9. The maximum Gasteiger partial charge on any atom is 0.268 e. The van der Waals surface area contributed by atoms with Crippen molar-refractivity contribution in [2.24, 2.45) is 0 Å². The van der Waals surface area contributed by atoms with Crippen LogP contribution < -0.4 is 10.2 Å². The molecule has 0 aliphatic heterocycles. The molecule has 0 aromatic heterocycles. The van der Waals surface area contributed by atoms with Gasteiger partial charge < -0.3 is 34.0 Å². The zero-order chi connectivity index (χ0) is 55.0. The van der Waals surface area contributed by atoms with Crippen molar-refractivity contribution >= 4 is 13.7 Å². The number of aliphatic hydroxyl groups is 2. The second-order valence-corrected chi connectivity index (χ2v) is 22.5. The number of phosphoric acid groups is 1. The molecular formula is C65H113N2O7P. The minimum Gasteiger partial charge on any atom is -0.756 e. The van der Waals surface area contributed by atoms with Crippen LogP contribution in [0.3, 0.4) is 0 Å². The molecule has 10 heteroatoms. The fraction of sp³-hybridized carbons (Fsp3) is 0.677. The Labute approximate surface area is 461 Å². The summed E-state index contributed by atoms with van der Waals surface area (Å²) in [5.74, 6) is -0.298. The smallest absolute Gasteiger partial charge is 0.268 e. The number of phosphoric ester groups is 1. The Bertz CT molecular complexity index is 1650. The maximum atomic E-state index is 13.0. The molecule has 0 saturated carbocycles. The highest BCUT2D eigenvalue weighted by atomic mass is 31.2. The molecule has 4 unspecified atom stereocenters. The number of carbonyl (C=O) groups excluding carboxylic acids is 1. The molecule has 9 nitrogen and oxygen atoms in total. The third-order valence-electron chi connectivity index (χ3n) is 12.8. The van der Waals surface area contributed by atoms with E-state index < -0.39 is 32.7 Å². The first kappa shape index (κ1) is 71.9. The van der Waals surface area contributed by atoms with Crippen LogP contribution >= 0.6 is 7.82 Å². The average molecular weight is 1070 g/mol. The van der Waals surface area contributed by atoms with Crippen LogP contribution in [0.4, 0.5) is 0 Å². The van der Waals surface area contributed by atoms with Gasteiger partial charge in [0.15, 0.2) is 0 Å². The fourth-order valence-electron chi connectivity index (χ4n) is 8.16. The second-order valence-electron chi connectivity index (χ2n) is 21.1. The highest BCUT2D eigenvalue weighted by Gasteiger charge is 2.29. The highest BCUT2D eigenvalue weighted by Crippen LogP contribution is 2.38. The SMILES string of the molecule is C/C=C/CC/C=C/CC/C=C/CCCC(O)C(O)C(COP(=O)([O-])OCC[N+](C)(C)C)NC(=O)CCCCCCCCCCCCCCCCCCC/C=C\C/C=C\C/C=C\C/C=C\C/C=C\C/C=C\C/C=C\CC. The first-order valence-electron chi connectivity index (χ1n) is 29.9. The molecule has 4 atom stereocenters. The van der Waals surface area contributed by atoms with Crippen LogP contribution in [0.25, 0.3) is 0 Å². The number of carbonyl (C=O) groups is 1. The molecule has 0 heterocycles. The van der Waals surface area contributed by atoms with Gasteiger partial charge in [-0.2, -0.15) is 0 Å². The van der Waals surface area contributed by atoms with E-state index in [2.05, 4.69) is 134 Å². The van der Waals surface area contributed by atoms with Crippen LogP contribution in [0, 0.1) is 0 Å². The molecule has 0 spiro atoms. The summed E-state index contributed by atoms with van der Waals surface area (Å²) in [5, 5.41) is 24.7. The van der Waals surface area contributed by atoms with E-state index in [1.54, 1.807) is 0 Å². The Balaban J connectivity index is 4.06. The quantitative estimate of drug-likeness (QED) is 0.0240. The van der Waals surface area contributed by atoms with E-state index in [-0.39, 0.29) is 18.9 Å². The van der Waals surface area contributed by atoms with Crippen molar-refractivity contribution in [3.63, 3.8) is 0 Å². The number of aliphatic hydroxyl groups excluding tert-OH is 2. The van der Waals surface area contributed by atoms with Crippen molar-refractivity contribution in [3.8, 4) is 0 Å². The summed E-state index contributed by atoms with van der Waals surface area (Å²) < 4.78 is 23.2. The van der Waals surface area contributed by atoms with E-state index in [0.717, 1.165) is 96.3 Å². The summed E-state index contributed by atoms with van der Waals surface area (Å²) in [4.78, 5) is 25.5. The lowest BCUT2D eigenvalue weighted by Crippen LogP contribution is -2.51. The van der Waals surface area contributed by atoms with Gasteiger partial charge >= 0.3 is 0 Å². The molecule has 0 rings (SSSR count). The van der Waals surface area contributed by atoms with Crippen LogP contribution in [-0.4, -0.2) is 79.8 Å². The molecule has 3 N–H and O–H groups in total. The number of allylic oxidation sites excluding steroid dienone is 20. The van der Waals surface area contributed by atoms with Crippen LogP contribution in [0.5, 0.6) is 0 Å². The largest absolute Gasteiger partial charge is 0.756 e. The van der Waals surface area contributed by atoms with Crippen LogP contribution in [0.2, 0.25) is 0 Å². The molecule has 430 valence electrons. The normalized spacial score (nSPS) is 15.1. The number of nitrogens with zero attached hydrogens (tertiary/aromatic N) is 1. The summed E-state index contributed by atoms with van der Waals surface area (Å²) in [6.07, 6.45) is 77.3. The lowest BCUT2D eigenvalue weighted by Gasteiger charge is -2.31. The summed E-state index contributed by atoms with van der Waals surface area (Å²) in [6.45, 7) is 4.07. The lowest BCUT2D eigenvalue weighted by molar-refractivity contribution is -0.870. The van der Waals surface area contributed by atoms with Gasteiger partial charge in [-0.15, -0.1) is 0 Å². The molecule has 0 aliphatic rings. The number of nitrogens with one attached hydrogen (secondary N) is 1. The van der Waals surface area contributed by atoms with E-state index in [1.165, 1.54) is 89.9 Å². The van der Waals surface area contributed by atoms with Gasteiger partial charge in [-0.1, -0.05) is 225 Å². The minimum atomic E-state index is -4.69. The van der Waals surface area contributed by atoms with Gasteiger partial charge in [0.05, 0.1) is 39.9 Å². The Morgan fingerprint density at radius 1 is 0.507 bits per heavy atom. The molecule has 0 fully saturated rings. The highest BCUT2D eigenvalue weighted by molar-refractivity contribution is 7.45. The Morgan fingerprint density at radius 2 is 0.867 bits per heavy atom. The minimum absolute atomic E-state index is 0.0544. The summed E-state index contributed by atoms with van der Waals surface area (Å²) in [5.41, 5.74) is 0. The Hall–Kier alpha value is -3.14. The van der Waals surface area contributed by atoms with E-state index in [9.17, 15) is 24.5 Å². The number of hydrogen-bond acceptors (Lipinski definition) is 7. The maximum absolute atomic E-state index is 13.0. The van der Waals surface area contributed by atoms with Gasteiger partial charge in [-0.05, 0) is 116 Å². The van der Waals surface area contributed by atoms with Crippen molar-refractivity contribution in [1.29, 1.82) is 0 Å². The topological polar surface area (TPSA) is 128 Å². The lowest BCUT2D eigenvalue weighted by atomic mass is 10.0. The predicted molar refractivity (Wildman–Crippen MR) is 321 cm³/mol. The number of rotatable bonds is 53. The number of likely N-dealkylation sites (N-methyl/N-ethyl adjacent to an activating group) is 1. The summed E-state index contributed by atoms with van der Waals surface area (Å²) in [6, 6.07) is -1.10. The van der Waals surface area contributed by atoms with Gasteiger partial charge in [0.1, 0.15) is 19.3 Å². The zero-order valence-corrected chi connectivity index (χ0v) is 49.5. The van der Waals surface area contributed by atoms with Crippen molar-refractivity contribution in [2.45, 2.75) is 244 Å². The molecule has 0 bridgehead atoms. The molecule has 0 radical (unpaired) electrons. The van der Waals surface area contributed by atoms with Crippen LogP contribution in [0.15, 0.2) is 122 Å². The average Bonchev–Trinajstić information content (AvgIpc) is 3.37. The Kier molecular flexibility index (Phi) is 52.0. The molecule has 1 amide bonds. The molecule has 0 aromatic rings. The van der Waals surface area contributed by atoms with Gasteiger partial charge in [0.2, 0.25) is 5.91 Å². The van der Waals surface area contributed by atoms with Gasteiger partial charge in [0, 0.05) is 6.42 Å². The van der Waals surface area contributed by atoms with Crippen molar-refractivity contribution < 1.29 is 38.0 Å². The van der Waals surface area contributed by atoms with Crippen LogP contribution in [-0.2, 0) is 18.4 Å². The van der Waals surface area contributed by atoms with E-state index in [0.29, 0.717) is 30.3 Å². The summed E-state index contributed by atoms with van der Waals surface area (Å²) >= 11 is 0. The van der Waals surface area contributed by atoms with E-state index in [1.807, 2.05) is 28.1 Å². The molecule has 0 saturated heterocycles. The second kappa shape index (κ2) is 54.2. The van der Waals surface area contributed by atoms with Crippen LogP contribution in [0.1, 0.15) is 226 Å². The number of amides is 1. The standard InChI is InChI=1S/C65H113N2O7P/c1-6-8-10-12-14-16-18-20-21-22-23-24-25-26-27-28-29-30-31-32-33-34-35-36-37-38-39-40-41-42-43-44-45-46-48-50-52-54-56-58-64(69)66-62(61-74-75(71,72)73-60-59-67(3,4)5)65(70)63(68)57-55-53-51-49-47-19-17-15-13-11-9-7-2/h7-10,14-17,20-21,23-24,26-27,29-30,32-33,49,51,62-63,65,68,70H,6,11-13,18-19,22,25,28,31,34-48,50,52-61H2,1-5H3,(H-,66,69,71,72)/b9-7+,10-8-,16-14-,17-15+,21-20-,24-23-,27-26-,30-29-,33-32-,51-49+. The van der Waals surface area contributed by atoms with Gasteiger partial charge in [-0.3, -0.25) is 9.36 Å². The van der Waals surface area contributed by atoms with Gasteiger partial charge in [0.25, 0.3) is 7.82 Å². The van der Waals surface area contributed by atoms with E-state index >= 15 is 0 Å². The monoisotopic (exact) mass is 1060 g/mol. The summed E-state index contributed by atoms with van der Waals surface area (Å²) in [7, 11) is 1.08. The van der Waals surface area contributed by atoms with Gasteiger partial charge in [-0.25, -0.2) is 0 Å². The first-order valence-corrected chi connectivity index (χ1v) is 31.4. The third kappa shape index (κ3) is 55.4. The third-order valence-corrected chi connectivity index (χ3v) is 13.8. The molecule has 0 aliphatic carbocycles. The molecule has 0 aromatic carbocycles. The molecular weight excluding hydrogens is 952 g/mol. The first-order chi connectivity index (χ1) is 36.4. The zero-order valence-electron chi connectivity index (χ0n) is 48.6. The van der Waals surface area contributed by atoms with Crippen molar-refractivity contribution in [2.75, 3.05) is 40.9 Å².